The third-order valence-electron chi connectivity index (χ3n) is 3.85. The fourth-order valence-electron chi connectivity index (χ4n) is 2.74. The maximum Gasteiger partial charge on any atom is 0.261 e. The average molecular weight is 383 g/mol. The number of anilines is 1. The van der Waals surface area contributed by atoms with Gasteiger partial charge in [0, 0.05) is 17.3 Å². The SMILES string of the molecule is CCOc1ccc(-c2cccc(NS(=O)(=O)c3cc(C)cc(C)c3)c2)nn1. The van der Waals surface area contributed by atoms with Gasteiger partial charge in [-0.1, -0.05) is 18.2 Å². The third-order valence-corrected chi connectivity index (χ3v) is 5.21. The molecule has 0 bridgehead atoms. The number of aryl methyl sites for hydroxylation is 2. The number of hydrogen-bond acceptors (Lipinski definition) is 5. The van der Waals surface area contributed by atoms with Crippen LogP contribution in [0.25, 0.3) is 11.3 Å². The van der Waals surface area contributed by atoms with Crippen molar-refractivity contribution in [2.45, 2.75) is 25.7 Å². The number of nitrogens with one attached hydrogen (secondary N) is 1. The van der Waals surface area contributed by atoms with Gasteiger partial charge in [0.15, 0.2) is 0 Å². The lowest BCUT2D eigenvalue weighted by atomic mass is 10.1. The molecule has 0 saturated carbocycles. The number of sulfonamides is 1. The summed E-state index contributed by atoms with van der Waals surface area (Å²) in [4.78, 5) is 0.242. The Morgan fingerprint density at radius 3 is 2.33 bits per heavy atom. The Morgan fingerprint density at radius 1 is 0.963 bits per heavy atom. The lowest BCUT2D eigenvalue weighted by molar-refractivity contribution is 0.323. The van der Waals surface area contributed by atoms with Crippen molar-refractivity contribution in [2.24, 2.45) is 0 Å². The molecule has 2 aromatic carbocycles. The molecular formula is C20H21N3O3S. The van der Waals surface area contributed by atoms with E-state index in [1.54, 1.807) is 42.5 Å². The van der Waals surface area contributed by atoms with Crippen molar-refractivity contribution in [2.75, 3.05) is 11.3 Å². The second-order valence-electron chi connectivity index (χ2n) is 6.20. The lowest BCUT2D eigenvalue weighted by Crippen LogP contribution is -2.13. The van der Waals surface area contributed by atoms with Crippen LogP contribution in [0.3, 0.4) is 0 Å². The zero-order valence-electron chi connectivity index (χ0n) is 15.4. The quantitative estimate of drug-likeness (QED) is 0.697. The smallest absolute Gasteiger partial charge is 0.261 e. The molecule has 0 unspecified atom stereocenters. The Balaban J connectivity index is 1.87. The Labute approximate surface area is 159 Å². The van der Waals surface area contributed by atoms with Gasteiger partial charge >= 0.3 is 0 Å². The minimum atomic E-state index is -3.68. The average Bonchev–Trinajstić information content (AvgIpc) is 2.62. The molecule has 3 rings (SSSR count). The number of hydrogen-bond donors (Lipinski definition) is 1. The number of benzene rings is 2. The van der Waals surface area contributed by atoms with E-state index < -0.39 is 10.0 Å². The summed E-state index contributed by atoms with van der Waals surface area (Å²) in [7, 11) is -3.68. The van der Waals surface area contributed by atoms with Gasteiger partial charge in [0.2, 0.25) is 5.88 Å². The van der Waals surface area contributed by atoms with Crippen LogP contribution in [0.1, 0.15) is 18.1 Å². The van der Waals surface area contributed by atoms with Crippen LogP contribution in [0, 0.1) is 13.8 Å². The van der Waals surface area contributed by atoms with Gasteiger partial charge in [-0.3, -0.25) is 4.72 Å². The standard InChI is InChI=1S/C20H21N3O3S/c1-4-26-20-9-8-19(21-22-20)16-6-5-7-17(13-16)23-27(24,25)18-11-14(2)10-15(3)12-18/h5-13,23H,4H2,1-3H3. The first-order chi connectivity index (χ1) is 12.9. The van der Waals surface area contributed by atoms with Crippen LogP contribution in [-0.2, 0) is 10.0 Å². The molecule has 27 heavy (non-hydrogen) atoms. The lowest BCUT2D eigenvalue weighted by Gasteiger charge is -2.11. The van der Waals surface area contributed by atoms with Crippen LogP contribution in [0.4, 0.5) is 5.69 Å². The summed E-state index contributed by atoms with van der Waals surface area (Å²) in [5.41, 5.74) is 3.64. The van der Waals surface area contributed by atoms with E-state index in [0.29, 0.717) is 23.9 Å². The molecule has 0 aliphatic rings. The molecule has 0 aliphatic carbocycles. The number of nitrogens with zero attached hydrogens (tertiary/aromatic N) is 2. The fourth-order valence-corrected chi connectivity index (χ4v) is 3.98. The summed E-state index contributed by atoms with van der Waals surface area (Å²) < 4.78 is 33.3. The van der Waals surface area contributed by atoms with Gasteiger partial charge in [0.05, 0.1) is 17.2 Å². The number of ether oxygens (including phenoxy) is 1. The molecule has 1 aromatic heterocycles. The van der Waals surface area contributed by atoms with Crippen LogP contribution in [0.5, 0.6) is 5.88 Å². The van der Waals surface area contributed by atoms with Gasteiger partial charge in [0.25, 0.3) is 10.0 Å². The summed E-state index contributed by atoms with van der Waals surface area (Å²) >= 11 is 0. The normalized spacial score (nSPS) is 11.2. The molecule has 6 nitrogen and oxygen atoms in total. The van der Waals surface area contributed by atoms with E-state index in [1.165, 1.54) is 0 Å². The highest BCUT2D eigenvalue weighted by Gasteiger charge is 2.15. The largest absolute Gasteiger partial charge is 0.477 e. The number of aromatic nitrogens is 2. The molecule has 140 valence electrons. The molecule has 1 heterocycles. The van der Waals surface area contributed by atoms with Crippen molar-refractivity contribution >= 4 is 15.7 Å². The van der Waals surface area contributed by atoms with Gasteiger partial charge in [-0.05, 0) is 62.2 Å². The summed E-state index contributed by atoms with van der Waals surface area (Å²) in [6.07, 6.45) is 0. The highest BCUT2D eigenvalue weighted by Crippen LogP contribution is 2.24. The summed E-state index contributed by atoms with van der Waals surface area (Å²) in [5.74, 6) is 0.452. The van der Waals surface area contributed by atoms with Gasteiger partial charge < -0.3 is 4.74 Å². The maximum absolute atomic E-state index is 12.7. The van der Waals surface area contributed by atoms with Crippen molar-refractivity contribution in [3.63, 3.8) is 0 Å². The monoisotopic (exact) mass is 383 g/mol. The predicted molar refractivity (Wildman–Crippen MR) is 105 cm³/mol. The topological polar surface area (TPSA) is 81.2 Å². The molecule has 0 radical (unpaired) electrons. The van der Waals surface area contributed by atoms with Crippen molar-refractivity contribution in [3.05, 3.63) is 65.7 Å². The summed E-state index contributed by atoms with van der Waals surface area (Å²) in [5, 5.41) is 8.14. The Kier molecular flexibility index (Phi) is 5.41. The summed E-state index contributed by atoms with van der Waals surface area (Å²) in [6, 6.07) is 15.8. The third kappa shape index (κ3) is 4.62. The molecule has 7 heteroatoms. The van der Waals surface area contributed by atoms with Crippen molar-refractivity contribution < 1.29 is 13.2 Å². The Hall–Kier alpha value is -2.93. The molecule has 0 spiro atoms. The summed E-state index contributed by atoms with van der Waals surface area (Å²) in [6.45, 7) is 6.14. The highest BCUT2D eigenvalue weighted by atomic mass is 32.2. The van der Waals surface area contributed by atoms with E-state index in [2.05, 4.69) is 14.9 Å². The van der Waals surface area contributed by atoms with E-state index in [9.17, 15) is 8.42 Å². The number of rotatable bonds is 6. The second kappa shape index (κ2) is 7.75. The molecule has 0 amide bonds. The highest BCUT2D eigenvalue weighted by molar-refractivity contribution is 7.92. The molecule has 0 saturated heterocycles. The minimum absolute atomic E-state index is 0.242. The minimum Gasteiger partial charge on any atom is -0.477 e. The zero-order chi connectivity index (χ0) is 19.4. The predicted octanol–water partition coefficient (Wildman–Crippen LogP) is 3.96. The van der Waals surface area contributed by atoms with E-state index in [0.717, 1.165) is 16.7 Å². The van der Waals surface area contributed by atoms with Crippen molar-refractivity contribution in [3.8, 4) is 17.1 Å². The van der Waals surface area contributed by atoms with Crippen LogP contribution >= 0.6 is 0 Å². The van der Waals surface area contributed by atoms with Crippen molar-refractivity contribution in [1.29, 1.82) is 0 Å². The maximum atomic E-state index is 12.7. The molecular weight excluding hydrogens is 362 g/mol. The molecule has 0 aliphatic heterocycles. The first-order valence-electron chi connectivity index (χ1n) is 8.55. The van der Waals surface area contributed by atoms with E-state index in [-0.39, 0.29) is 4.90 Å². The van der Waals surface area contributed by atoms with E-state index >= 15 is 0 Å². The van der Waals surface area contributed by atoms with Crippen LogP contribution < -0.4 is 9.46 Å². The Morgan fingerprint density at radius 2 is 1.70 bits per heavy atom. The van der Waals surface area contributed by atoms with Gasteiger partial charge in [-0.25, -0.2) is 8.42 Å². The van der Waals surface area contributed by atoms with Crippen molar-refractivity contribution in [1.82, 2.24) is 10.2 Å². The van der Waals surface area contributed by atoms with Crippen LogP contribution in [0.2, 0.25) is 0 Å². The fraction of sp³-hybridized carbons (Fsp3) is 0.200. The zero-order valence-corrected chi connectivity index (χ0v) is 16.2. The molecule has 1 N–H and O–H groups in total. The van der Waals surface area contributed by atoms with Gasteiger partial charge in [0.1, 0.15) is 0 Å². The van der Waals surface area contributed by atoms with E-state index in [4.69, 9.17) is 4.74 Å². The molecule has 3 aromatic rings. The van der Waals surface area contributed by atoms with Crippen LogP contribution in [-0.4, -0.2) is 25.2 Å². The Bertz CT molecular complexity index is 1030. The first kappa shape index (κ1) is 18.8. The molecule has 0 fully saturated rings. The molecule has 0 atom stereocenters. The van der Waals surface area contributed by atoms with Gasteiger partial charge in [-0.15, -0.1) is 10.2 Å². The first-order valence-corrected chi connectivity index (χ1v) is 10.0. The second-order valence-corrected chi connectivity index (χ2v) is 7.88. The van der Waals surface area contributed by atoms with E-state index in [1.807, 2.05) is 32.9 Å². The van der Waals surface area contributed by atoms with Crippen LogP contribution in [0.15, 0.2) is 59.5 Å². The van der Waals surface area contributed by atoms with Gasteiger partial charge in [-0.2, -0.15) is 0 Å².